The topological polar surface area (TPSA) is 42.2 Å². The molecule has 0 atom stereocenters. The number of rotatable bonds is 6. The van der Waals surface area contributed by atoms with E-state index < -0.39 is 0 Å². The smallest absolute Gasteiger partial charge is 0.235 e. The van der Waals surface area contributed by atoms with Crippen LogP contribution in [0.3, 0.4) is 0 Å². The lowest BCUT2D eigenvalue weighted by Crippen LogP contribution is -2.07. The van der Waals surface area contributed by atoms with Crippen molar-refractivity contribution in [3.63, 3.8) is 0 Å². The second-order valence-electron chi connectivity index (χ2n) is 5.63. The van der Waals surface area contributed by atoms with E-state index in [1.165, 1.54) is 5.56 Å². The van der Waals surface area contributed by atoms with Gasteiger partial charge >= 0.3 is 0 Å². The van der Waals surface area contributed by atoms with Crippen LogP contribution in [0.5, 0.6) is 0 Å². The predicted octanol–water partition coefficient (Wildman–Crippen LogP) is 4.90. The van der Waals surface area contributed by atoms with Crippen molar-refractivity contribution < 1.29 is 0 Å². The third kappa shape index (κ3) is 3.32. The number of hydrogen-bond donors (Lipinski definition) is 1. The molecule has 0 aliphatic heterocycles. The number of nitrogens with one attached hydrogen (secondary N) is 1. The molecule has 0 saturated heterocycles. The predicted molar refractivity (Wildman–Crippen MR) is 95.1 cm³/mol. The molecule has 0 bridgehead atoms. The molecule has 1 N–H and O–H groups in total. The zero-order valence-corrected chi connectivity index (χ0v) is 14.2. The van der Waals surface area contributed by atoms with E-state index in [0.29, 0.717) is 5.92 Å². The second kappa shape index (κ2) is 7.01. The molecule has 2 heterocycles. The van der Waals surface area contributed by atoms with Crippen molar-refractivity contribution in [2.45, 2.75) is 39.2 Å². The van der Waals surface area contributed by atoms with Crippen LogP contribution in [0.15, 0.2) is 42.7 Å². The molecular weight excluding hydrogens is 308 g/mol. The molecule has 0 unspecified atom stereocenters. The molecule has 2 aromatic heterocycles. The molecule has 0 saturated carbocycles. The van der Waals surface area contributed by atoms with E-state index in [2.05, 4.69) is 24.1 Å². The second-order valence-corrected chi connectivity index (χ2v) is 6.07. The minimum Gasteiger partial charge on any atom is -0.366 e. The highest BCUT2D eigenvalue weighted by Gasteiger charge is 2.19. The summed E-state index contributed by atoms with van der Waals surface area (Å²) >= 11 is 5.95. The van der Waals surface area contributed by atoms with E-state index in [4.69, 9.17) is 16.6 Å². The summed E-state index contributed by atoms with van der Waals surface area (Å²) in [5.41, 5.74) is 2.28. The van der Waals surface area contributed by atoms with Gasteiger partial charge in [-0.25, -0.2) is 9.97 Å². The van der Waals surface area contributed by atoms with Gasteiger partial charge in [0.25, 0.3) is 0 Å². The Morgan fingerprint density at radius 1 is 1.17 bits per heavy atom. The Morgan fingerprint density at radius 3 is 2.61 bits per heavy atom. The number of nitrogens with zero attached hydrogens (tertiary/aromatic N) is 3. The number of halogens is 1. The third-order valence-corrected chi connectivity index (χ3v) is 4.43. The summed E-state index contributed by atoms with van der Waals surface area (Å²) in [7, 11) is 0. The Labute approximate surface area is 141 Å². The van der Waals surface area contributed by atoms with Crippen LogP contribution in [0.25, 0.3) is 5.78 Å². The van der Waals surface area contributed by atoms with Crippen molar-refractivity contribution in [2.24, 2.45) is 0 Å². The van der Waals surface area contributed by atoms with Crippen LogP contribution in [-0.4, -0.2) is 14.4 Å². The number of anilines is 1. The maximum Gasteiger partial charge on any atom is 0.235 e. The molecular formula is C18H21ClN4. The summed E-state index contributed by atoms with van der Waals surface area (Å²) in [6, 6.07) is 9.83. The van der Waals surface area contributed by atoms with E-state index in [1.807, 2.05) is 40.9 Å². The Morgan fingerprint density at radius 2 is 1.91 bits per heavy atom. The van der Waals surface area contributed by atoms with Gasteiger partial charge in [-0.1, -0.05) is 37.6 Å². The fourth-order valence-electron chi connectivity index (χ4n) is 2.83. The highest BCUT2D eigenvalue weighted by atomic mass is 35.5. The summed E-state index contributed by atoms with van der Waals surface area (Å²) in [5.74, 6) is 2.22. The van der Waals surface area contributed by atoms with Crippen molar-refractivity contribution in [1.29, 1.82) is 0 Å². The van der Waals surface area contributed by atoms with Crippen LogP contribution < -0.4 is 5.32 Å². The average Bonchev–Trinajstić information content (AvgIpc) is 2.94. The molecule has 23 heavy (non-hydrogen) atoms. The van der Waals surface area contributed by atoms with Gasteiger partial charge in [0.1, 0.15) is 5.82 Å². The lowest BCUT2D eigenvalue weighted by molar-refractivity contribution is 0.628. The van der Waals surface area contributed by atoms with E-state index in [0.717, 1.165) is 41.7 Å². The molecule has 3 rings (SSSR count). The van der Waals surface area contributed by atoms with E-state index >= 15 is 0 Å². The van der Waals surface area contributed by atoms with E-state index in [1.54, 1.807) is 6.20 Å². The van der Waals surface area contributed by atoms with Crippen LogP contribution in [0, 0.1) is 0 Å². The van der Waals surface area contributed by atoms with E-state index in [9.17, 15) is 0 Å². The van der Waals surface area contributed by atoms with Crippen molar-refractivity contribution in [3.05, 3.63) is 59.0 Å². The van der Waals surface area contributed by atoms with Gasteiger partial charge in [-0.05, 0) is 36.6 Å². The van der Waals surface area contributed by atoms with Crippen molar-refractivity contribution in [2.75, 3.05) is 5.32 Å². The Bertz CT molecular complexity index is 775. The first-order chi connectivity index (χ1) is 11.2. The lowest BCUT2D eigenvalue weighted by atomic mass is 9.99. The summed E-state index contributed by atoms with van der Waals surface area (Å²) < 4.78 is 2.03. The van der Waals surface area contributed by atoms with Crippen LogP contribution in [0.2, 0.25) is 5.02 Å². The van der Waals surface area contributed by atoms with Crippen molar-refractivity contribution in [1.82, 2.24) is 14.4 Å². The van der Waals surface area contributed by atoms with Gasteiger partial charge in [0, 0.05) is 29.9 Å². The summed E-state index contributed by atoms with van der Waals surface area (Å²) in [4.78, 5) is 9.12. The molecule has 4 nitrogen and oxygen atoms in total. The van der Waals surface area contributed by atoms with Gasteiger partial charge in [0.15, 0.2) is 0 Å². The fourth-order valence-corrected chi connectivity index (χ4v) is 2.95. The number of imidazole rings is 1. The van der Waals surface area contributed by atoms with Gasteiger partial charge in [-0.15, -0.1) is 0 Å². The fraction of sp³-hybridized carbons (Fsp3) is 0.333. The molecule has 0 spiro atoms. The van der Waals surface area contributed by atoms with Crippen LogP contribution in [0.1, 0.15) is 43.9 Å². The zero-order chi connectivity index (χ0) is 16.2. The van der Waals surface area contributed by atoms with Gasteiger partial charge in [-0.2, -0.15) is 0 Å². The summed E-state index contributed by atoms with van der Waals surface area (Å²) in [5, 5.41) is 4.29. The zero-order valence-electron chi connectivity index (χ0n) is 13.5. The van der Waals surface area contributed by atoms with Crippen LogP contribution in [0.4, 0.5) is 5.82 Å². The normalized spacial score (nSPS) is 11.3. The van der Waals surface area contributed by atoms with Gasteiger partial charge in [-0.3, -0.25) is 4.40 Å². The average molecular weight is 329 g/mol. The molecule has 0 aliphatic rings. The SMILES string of the molecule is CCC(CC)c1nc2ncccn2c1NCc1ccc(Cl)cc1. The highest BCUT2D eigenvalue weighted by molar-refractivity contribution is 6.30. The quantitative estimate of drug-likeness (QED) is 0.700. The largest absolute Gasteiger partial charge is 0.366 e. The molecule has 0 aliphatic carbocycles. The third-order valence-electron chi connectivity index (χ3n) is 4.18. The van der Waals surface area contributed by atoms with Crippen molar-refractivity contribution >= 4 is 23.2 Å². The van der Waals surface area contributed by atoms with Gasteiger partial charge in [0.05, 0.1) is 5.69 Å². The monoisotopic (exact) mass is 328 g/mol. The van der Waals surface area contributed by atoms with Crippen LogP contribution in [-0.2, 0) is 6.54 Å². The van der Waals surface area contributed by atoms with Crippen LogP contribution >= 0.6 is 11.6 Å². The summed E-state index contributed by atoms with van der Waals surface area (Å²) in [6.45, 7) is 5.14. The number of benzene rings is 1. The maximum atomic E-state index is 5.95. The van der Waals surface area contributed by atoms with Gasteiger partial charge < -0.3 is 5.32 Å². The molecule has 0 fully saturated rings. The Balaban J connectivity index is 1.93. The highest BCUT2D eigenvalue weighted by Crippen LogP contribution is 2.30. The minimum atomic E-state index is 0.435. The Kier molecular flexibility index (Phi) is 4.82. The first-order valence-electron chi connectivity index (χ1n) is 8.04. The molecule has 3 aromatic rings. The number of hydrogen-bond acceptors (Lipinski definition) is 3. The molecule has 5 heteroatoms. The van der Waals surface area contributed by atoms with Crippen molar-refractivity contribution in [3.8, 4) is 0 Å². The van der Waals surface area contributed by atoms with E-state index in [-0.39, 0.29) is 0 Å². The first kappa shape index (κ1) is 15.8. The Hall–Kier alpha value is -2.07. The summed E-state index contributed by atoms with van der Waals surface area (Å²) in [6.07, 6.45) is 5.92. The number of aromatic nitrogens is 3. The molecule has 0 amide bonds. The molecule has 1 aromatic carbocycles. The maximum absolute atomic E-state index is 5.95. The number of fused-ring (bicyclic) bond motifs is 1. The molecule has 0 radical (unpaired) electrons. The van der Waals surface area contributed by atoms with Gasteiger partial charge in [0.2, 0.25) is 5.78 Å². The molecule has 120 valence electrons. The minimum absolute atomic E-state index is 0.435. The lowest BCUT2D eigenvalue weighted by Gasteiger charge is -2.14. The standard InChI is InChI=1S/C18H21ClN4/c1-3-14(4-2)16-17(23-11-5-10-20-18(23)22-16)21-12-13-6-8-15(19)9-7-13/h5-11,14,21H,3-4,12H2,1-2H3. The first-order valence-corrected chi connectivity index (χ1v) is 8.42.